The summed E-state index contributed by atoms with van der Waals surface area (Å²) < 4.78 is 0. The number of benzene rings is 2. The largest absolute Gasteiger partial charge is 0.481 e. The molecule has 0 saturated heterocycles. The minimum Gasteiger partial charge on any atom is -0.481 e. The van der Waals surface area contributed by atoms with E-state index in [0.29, 0.717) is 11.3 Å². The zero-order chi connectivity index (χ0) is 23.1. The number of hydrogen-bond acceptors (Lipinski definition) is 5. The molecule has 2 heterocycles. The number of amides is 1. The van der Waals surface area contributed by atoms with Crippen LogP contribution in [-0.4, -0.2) is 28.5 Å². The molecule has 0 atom stereocenters. The highest BCUT2D eigenvalue weighted by molar-refractivity contribution is 5.91. The van der Waals surface area contributed by atoms with Crippen LogP contribution in [0.5, 0.6) is 0 Å². The molecule has 7 heteroatoms. The second kappa shape index (κ2) is 10.2. The number of aromatic nitrogens is 1. The lowest BCUT2D eigenvalue weighted by Crippen LogP contribution is -2.11. The number of nitrogens with one attached hydrogen (secondary N) is 2. The zero-order valence-corrected chi connectivity index (χ0v) is 18.0. The first-order valence-electron chi connectivity index (χ1n) is 10.2. The standard InChI is InChI=1S/C23H20N4O.C2H4O2/c1-15(28)27-22-9-6-17(11-20(22)13-24)19-7-8-21(26-14-19)18-5-4-16-3-2-10-25-23(16)12-18;1-2(3)4/h4-9,11-12,14,25H,2-3,10H2,1H3,(H,27,28);1H3,(H,3,4). The highest BCUT2D eigenvalue weighted by Crippen LogP contribution is 2.30. The number of aliphatic carboxylic acids is 1. The number of carboxylic acid groups (broad SMARTS) is 1. The van der Waals surface area contributed by atoms with E-state index in [-0.39, 0.29) is 5.91 Å². The zero-order valence-electron chi connectivity index (χ0n) is 18.0. The van der Waals surface area contributed by atoms with Crippen LogP contribution >= 0.6 is 0 Å². The van der Waals surface area contributed by atoms with E-state index in [1.807, 2.05) is 24.4 Å². The van der Waals surface area contributed by atoms with Gasteiger partial charge in [-0.3, -0.25) is 14.6 Å². The molecule has 4 rings (SSSR count). The molecule has 0 spiro atoms. The molecule has 2 aromatic carbocycles. The van der Waals surface area contributed by atoms with Crippen molar-refractivity contribution in [1.29, 1.82) is 5.26 Å². The highest BCUT2D eigenvalue weighted by atomic mass is 16.4. The van der Waals surface area contributed by atoms with Crippen LogP contribution in [-0.2, 0) is 16.0 Å². The molecule has 0 radical (unpaired) electrons. The molecule has 1 aliphatic heterocycles. The Kier molecular flexibility index (Phi) is 7.19. The second-order valence-electron chi connectivity index (χ2n) is 7.41. The van der Waals surface area contributed by atoms with Gasteiger partial charge in [-0.25, -0.2) is 0 Å². The Balaban J connectivity index is 0.000000668. The fourth-order valence-electron chi connectivity index (χ4n) is 3.47. The predicted molar refractivity (Wildman–Crippen MR) is 124 cm³/mol. The molecule has 1 aromatic heterocycles. The molecule has 7 nitrogen and oxygen atoms in total. The van der Waals surface area contributed by atoms with Gasteiger partial charge in [-0.2, -0.15) is 5.26 Å². The van der Waals surface area contributed by atoms with E-state index in [9.17, 15) is 10.1 Å². The molecule has 1 aliphatic rings. The van der Waals surface area contributed by atoms with E-state index >= 15 is 0 Å². The van der Waals surface area contributed by atoms with E-state index < -0.39 is 5.97 Å². The lowest BCUT2D eigenvalue weighted by molar-refractivity contribution is -0.134. The summed E-state index contributed by atoms with van der Waals surface area (Å²) in [5.74, 6) is -1.03. The van der Waals surface area contributed by atoms with Crippen LogP contribution in [0.25, 0.3) is 22.4 Å². The predicted octanol–water partition coefficient (Wildman–Crippen LogP) is 4.69. The number of hydrogen-bond donors (Lipinski definition) is 3. The van der Waals surface area contributed by atoms with E-state index in [1.165, 1.54) is 24.6 Å². The van der Waals surface area contributed by atoms with Gasteiger partial charge in [0.1, 0.15) is 6.07 Å². The van der Waals surface area contributed by atoms with Gasteiger partial charge in [-0.15, -0.1) is 0 Å². The van der Waals surface area contributed by atoms with Crippen LogP contribution in [0.4, 0.5) is 11.4 Å². The van der Waals surface area contributed by atoms with Crippen LogP contribution in [0.2, 0.25) is 0 Å². The Labute approximate surface area is 186 Å². The topological polar surface area (TPSA) is 115 Å². The fourth-order valence-corrected chi connectivity index (χ4v) is 3.47. The smallest absolute Gasteiger partial charge is 0.300 e. The van der Waals surface area contributed by atoms with Gasteiger partial charge >= 0.3 is 0 Å². The molecule has 3 N–H and O–H groups in total. The van der Waals surface area contributed by atoms with Gasteiger partial charge in [0.05, 0.1) is 16.9 Å². The number of nitrogens with zero attached hydrogens (tertiary/aromatic N) is 2. The monoisotopic (exact) mass is 428 g/mol. The van der Waals surface area contributed by atoms with Crippen molar-refractivity contribution < 1.29 is 14.7 Å². The summed E-state index contributed by atoms with van der Waals surface area (Å²) in [6.07, 6.45) is 4.10. The third kappa shape index (κ3) is 5.70. The summed E-state index contributed by atoms with van der Waals surface area (Å²) in [5, 5.41) is 22.9. The molecule has 1 amide bonds. The lowest BCUT2D eigenvalue weighted by Gasteiger charge is -2.18. The molecule has 162 valence electrons. The second-order valence-corrected chi connectivity index (χ2v) is 7.41. The molecular formula is C25H24N4O3. The average molecular weight is 428 g/mol. The molecule has 0 saturated carbocycles. The van der Waals surface area contributed by atoms with Crippen molar-refractivity contribution in [3.63, 3.8) is 0 Å². The van der Waals surface area contributed by atoms with Crippen molar-refractivity contribution in [1.82, 2.24) is 4.98 Å². The first-order chi connectivity index (χ1) is 15.4. The number of aryl methyl sites for hydroxylation is 1. The Morgan fingerprint density at radius 1 is 1.06 bits per heavy atom. The lowest BCUT2D eigenvalue weighted by atomic mass is 9.99. The molecule has 0 unspecified atom stereocenters. The van der Waals surface area contributed by atoms with E-state index in [4.69, 9.17) is 9.90 Å². The number of carboxylic acids is 1. The van der Waals surface area contributed by atoms with Crippen LogP contribution in [0.1, 0.15) is 31.4 Å². The van der Waals surface area contributed by atoms with E-state index in [1.54, 1.807) is 12.1 Å². The SMILES string of the molecule is CC(=O)Nc1ccc(-c2ccc(-c3ccc4c(c3)NCCC4)nc2)cc1C#N.CC(=O)O. The van der Waals surface area contributed by atoms with Crippen LogP contribution in [0, 0.1) is 11.3 Å². The van der Waals surface area contributed by atoms with Gasteiger partial charge in [-0.1, -0.05) is 24.3 Å². The van der Waals surface area contributed by atoms with Gasteiger partial charge in [0, 0.05) is 43.4 Å². The molecule has 3 aromatic rings. The van der Waals surface area contributed by atoms with Crippen molar-refractivity contribution in [2.75, 3.05) is 17.2 Å². The van der Waals surface area contributed by atoms with Crippen LogP contribution < -0.4 is 10.6 Å². The number of fused-ring (bicyclic) bond motifs is 1. The summed E-state index contributed by atoms with van der Waals surface area (Å²) in [7, 11) is 0. The Morgan fingerprint density at radius 3 is 2.44 bits per heavy atom. The fraction of sp³-hybridized carbons (Fsp3) is 0.200. The first-order valence-corrected chi connectivity index (χ1v) is 10.2. The van der Waals surface area contributed by atoms with Crippen LogP contribution in [0.15, 0.2) is 54.7 Å². The summed E-state index contributed by atoms with van der Waals surface area (Å²) in [6, 6.07) is 18.0. The minimum atomic E-state index is -0.833. The normalized spacial score (nSPS) is 11.7. The maximum atomic E-state index is 11.3. The molecule has 32 heavy (non-hydrogen) atoms. The molecular weight excluding hydrogens is 404 g/mol. The van der Waals surface area contributed by atoms with Crippen molar-refractivity contribution in [2.45, 2.75) is 26.7 Å². The summed E-state index contributed by atoms with van der Waals surface area (Å²) in [5.41, 5.74) is 7.30. The summed E-state index contributed by atoms with van der Waals surface area (Å²) in [4.78, 5) is 24.9. The summed E-state index contributed by atoms with van der Waals surface area (Å²) >= 11 is 0. The first kappa shape index (κ1) is 22.5. The quantitative estimate of drug-likeness (QED) is 0.557. The summed E-state index contributed by atoms with van der Waals surface area (Å²) in [6.45, 7) is 3.52. The third-order valence-electron chi connectivity index (χ3n) is 4.89. The van der Waals surface area contributed by atoms with Crippen molar-refractivity contribution in [3.05, 3.63) is 65.9 Å². The van der Waals surface area contributed by atoms with Gasteiger partial charge < -0.3 is 15.7 Å². The number of nitriles is 1. The number of carbonyl (C=O) groups excluding carboxylic acids is 1. The van der Waals surface area contributed by atoms with Gasteiger partial charge in [0.25, 0.3) is 5.97 Å². The number of anilines is 2. The average Bonchev–Trinajstić information content (AvgIpc) is 2.78. The molecule has 0 fully saturated rings. The molecule has 0 bridgehead atoms. The maximum absolute atomic E-state index is 11.3. The maximum Gasteiger partial charge on any atom is 0.300 e. The minimum absolute atomic E-state index is 0.199. The Morgan fingerprint density at radius 2 is 1.78 bits per heavy atom. The van der Waals surface area contributed by atoms with Crippen molar-refractivity contribution in [2.24, 2.45) is 0 Å². The van der Waals surface area contributed by atoms with Gasteiger partial charge in [-0.05, 0) is 48.2 Å². The number of carbonyl (C=O) groups is 2. The van der Waals surface area contributed by atoms with Crippen molar-refractivity contribution >= 4 is 23.3 Å². The number of rotatable bonds is 3. The van der Waals surface area contributed by atoms with E-state index in [0.717, 1.165) is 42.3 Å². The van der Waals surface area contributed by atoms with Crippen molar-refractivity contribution in [3.8, 4) is 28.5 Å². The Hall–Kier alpha value is -4.18. The van der Waals surface area contributed by atoms with Crippen LogP contribution in [0.3, 0.4) is 0 Å². The van der Waals surface area contributed by atoms with Gasteiger partial charge in [0.15, 0.2) is 0 Å². The highest BCUT2D eigenvalue weighted by Gasteiger charge is 2.11. The number of pyridine rings is 1. The van der Waals surface area contributed by atoms with E-state index in [2.05, 4.69) is 39.9 Å². The molecule has 0 aliphatic carbocycles. The Bertz CT molecular complexity index is 1180. The third-order valence-corrected chi connectivity index (χ3v) is 4.89. The van der Waals surface area contributed by atoms with Gasteiger partial charge in [0.2, 0.25) is 5.91 Å².